The van der Waals surface area contributed by atoms with Gasteiger partial charge in [0.2, 0.25) is 0 Å². The van der Waals surface area contributed by atoms with Crippen LogP contribution in [0.5, 0.6) is 0 Å². The number of benzene rings is 1. The smallest absolute Gasteiger partial charge is 0.167 e. The SMILES string of the molecule is Cc1cc(CCN)c2cnoc2c1. The van der Waals surface area contributed by atoms with Gasteiger partial charge in [-0.15, -0.1) is 0 Å². The van der Waals surface area contributed by atoms with Crippen molar-refractivity contribution in [2.45, 2.75) is 13.3 Å². The maximum Gasteiger partial charge on any atom is 0.167 e. The van der Waals surface area contributed by atoms with E-state index >= 15 is 0 Å². The summed E-state index contributed by atoms with van der Waals surface area (Å²) in [7, 11) is 0. The monoisotopic (exact) mass is 176 g/mol. The van der Waals surface area contributed by atoms with Crippen LogP contribution >= 0.6 is 0 Å². The van der Waals surface area contributed by atoms with Crippen LogP contribution in [0.15, 0.2) is 22.9 Å². The molecule has 0 fully saturated rings. The van der Waals surface area contributed by atoms with Crippen LogP contribution in [0.2, 0.25) is 0 Å². The Kier molecular flexibility index (Phi) is 2.02. The van der Waals surface area contributed by atoms with Crippen molar-refractivity contribution < 1.29 is 4.52 Å². The van der Waals surface area contributed by atoms with E-state index in [0.717, 1.165) is 17.4 Å². The first-order valence-corrected chi connectivity index (χ1v) is 4.35. The van der Waals surface area contributed by atoms with E-state index in [1.54, 1.807) is 6.20 Å². The largest absolute Gasteiger partial charge is 0.356 e. The van der Waals surface area contributed by atoms with E-state index in [9.17, 15) is 0 Å². The highest BCUT2D eigenvalue weighted by Crippen LogP contribution is 2.20. The molecule has 1 aromatic carbocycles. The van der Waals surface area contributed by atoms with E-state index in [1.165, 1.54) is 11.1 Å². The van der Waals surface area contributed by atoms with Crippen LogP contribution in [0.1, 0.15) is 11.1 Å². The highest BCUT2D eigenvalue weighted by molar-refractivity contribution is 5.80. The summed E-state index contributed by atoms with van der Waals surface area (Å²) in [6, 6.07) is 4.12. The lowest BCUT2D eigenvalue weighted by atomic mass is 10.0. The highest BCUT2D eigenvalue weighted by atomic mass is 16.5. The Balaban J connectivity index is 2.63. The Morgan fingerprint density at radius 2 is 2.31 bits per heavy atom. The van der Waals surface area contributed by atoms with Crippen LogP contribution in [0.25, 0.3) is 11.0 Å². The van der Waals surface area contributed by atoms with E-state index in [4.69, 9.17) is 10.3 Å². The molecule has 0 bridgehead atoms. The normalized spacial score (nSPS) is 10.9. The zero-order chi connectivity index (χ0) is 9.26. The molecule has 2 aromatic rings. The molecule has 0 radical (unpaired) electrons. The molecule has 0 atom stereocenters. The molecular formula is C10H12N2O. The van der Waals surface area contributed by atoms with E-state index in [2.05, 4.69) is 11.2 Å². The van der Waals surface area contributed by atoms with Gasteiger partial charge in [0.25, 0.3) is 0 Å². The van der Waals surface area contributed by atoms with Gasteiger partial charge in [-0.2, -0.15) is 0 Å². The number of fused-ring (bicyclic) bond motifs is 1. The van der Waals surface area contributed by atoms with E-state index in [1.807, 2.05) is 13.0 Å². The van der Waals surface area contributed by atoms with Gasteiger partial charge in [0.05, 0.1) is 6.20 Å². The van der Waals surface area contributed by atoms with Gasteiger partial charge in [-0.1, -0.05) is 11.2 Å². The fourth-order valence-electron chi connectivity index (χ4n) is 1.56. The van der Waals surface area contributed by atoms with Crippen LogP contribution < -0.4 is 5.73 Å². The molecule has 0 saturated carbocycles. The molecule has 0 saturated heterocycles. The lowest BCUT2D eigenvalue weighted by Crippen LogP contribution is -2.03. The number of hydrogen-bond donors (Lipinski definition) is 1. The van der Waals surface area contributed by atoms with Crippen LogP contribution in [-0.2, 0) is 6.42 Å². The number of nitrogens with zero attached hydrogens (tertiary/aromatic N) is 1. The molecule has 2 rings (SSSR count). The maximum atomic E-state index is 5.52. The quantitative estimate of drug-likeness (QED) is 0.756. The summed E-state index contributed by atoms with van der Waals surface area (Å²) in [6.45, 7) is 2.70. The topological polar surface area (TPSA) is 52.0 Å². The minimum atomic E-state index is 0.656. The summed E-state index contributed by atoms with van der Waals surface area (Å²) >= 11 is 0. The molecule has 1 heterocycles. The molecule has 0 aliphatic carbocycles. The summed E-state index contributed by atoms with van der Waals surface area (Å²) in [5.74, 6) is 0. The number of rotatable bonds is 2. The molecule has 0 spiro atoms. The zero-order valence-electron chi connectivity index (χ0n) is 7.58. The number of aromatic nitrogens is 1. The van der Waals surface area contributed by atoms with Gasteiger partial charge in [0.1, 0.15) is 0 Å². The van der Waals surface area contributed by atoms with Crippen molar-refractivity contribution in [1.82, 2.24) is 5.16 Å². The lowest BCUT2D eigenvalue weighted by Gasteiger charge is -2.00. The second-order valence-electron chi connectivity index (χ2n) is 3.20. The Morgan fingerprint density at radius 3 is 3.08 bits per heavy atom. The second-order valence-corrected chi connectivity index (χ2v) is 3.20. The van der Waals surface area contributed by atoms with Crippen molar-refractivity contribution in [1.29, 1.82) is 0 Å². The van der Waals surface area contributed by atoms with Gasteiger partial charge in [0, 0.05) is 5.39 Å². The van der Waals surface area contributed by atoms with Crippen molar-refractivity contribution in [3.8, 4) is 0 Å². The van der Waals surface area contributed by atoms with E-state index in [-0.39, 0.29) is 0 Å². The summed E-state index contributed by atoms with van der Waals surface area (Å²) in [6.07, 6.45) is 2.62. The minimum absolute atomic E-state index is 0.656. The average Bonchev–Trinajstić information content (AvgIpc) is 2.52. The molecule has 2 N–H and O–H groups in total. The molecule has 0 amide bonds. The first-order chi connectivity index (χ1) is 6.31. The fourth-order valence-corrected chi connectivity index (χ4v) is 1.56. The lowest BCUT2D eigenvalue weighted by molar-refractivity contribution is 0.456. The van der Waals surface area contributed by atoms with Crippen LogP contribution in [0.4, 0.5) is 0 Å². The summed E-state index contributed by atoms with van der Waals surface area (Å²) < 4.78 is 5.09. The third-order valence-corrected chi connectivity index (χ3v) is 2.12. The standard InChI is InChI=1S/C10H12N2O/c1-7-4-8(2-3-11)9-6-12-13-10(9)5-7/h4-6H,2-3,11H2,1H3. The first-order valence-electron chi connectivity index (χ1n) is 4.35. The summed E-state index contributed by atoms with van der Waals surface area (Å²) in [5, 5.41) is 4.85. The molecule has 0 unspecified atom stereocenters. The molecule has 68 valence electrons. The Labute approximate surface area is 76.5 Å². The number of aryl methyl sites for hydroxylation is 1. The zero-order valence-corrected chi connectivity index (χ0v) is 7.58. The summed E-state index contributed by atoms with van der Waals surface area (Å²) in [5.41, 5.74) is 8.78. The van der Waals surface area contributed by atoms with E-state index < -0.39 is 0 Å². The number of nitrogens with two attached hydrogens (primary N) is 1. The molecule has 3 nitrogen and oxygen atoms in total. The van der Waals surface area contributed by atoms with Crippen LogP contribution in [-0.4, -0.2) is 11.7 Å². The van der Waals surface area contributed by atoms with Crippen molar-refractivity contribution in [2.24, 2.45) is 5.73 Å². The van der Waals surface area contributed by atoms with Crippen LogP contribution in [0, 0.1) is 6.92 Å². The molecular weight excluding hydrogens is 164 g/mol. The fraction of sp³-hybridized carbons (Fsp3) is 0.300. The molecule has 0 aliphatic rings. The predicted octanol–water partition coefficient (Wildman–Crippen LogP) is 1.64. The van der Waals surface area contributed by atoms with Crippen molar-refractivity contribution in [2.75, 3.05) is 6.54 Å². The van der Waals surface area contributed by atoms with Gasteiger partial charge in [-0.3, -0.25) is 0 Å². The molecule has 13 heavy (non-hydrogen) atoms. The Bertz CT molecular complexity index is 420. The highest BCUT2D eigenvalue weighted by Gasteiger charge is 2.04. The second kappa shape index (κ2) is 3.18. The van der Waals surface area contributed by atoms with Crippen molar-refractivity contribution in [3.05, 3.63) is 29.5 Å². The maximum absolute atomic E-state index is 5.52. The molecule has 3 heteroatoms. The first kappa shape index (κ1) is 8.26. The predicted molar refractivity (Wildman–Crippen MR) is 51.5 cm³/mol. The average molecular weight is 176 g/mol. The van der Waals surface area contributed by atoms with Crippen molar-refractivity contribution in [3.63, 3.8) is 0 Å². The van der Waals surface area contributed by atoms with E-state index in [0.29, 0.717) is 6.54 Å². The van der Waals surface area contributed by atoms with Crippen LogP contribution in [0.3, 0.4) is 0 Å². The van der Waals surface area contributed by atoms with Gasteiger partial charge < -0.3 is 10.3 Å². The van der Waals surface area contributed by atoms with Gasteiger partial charge in [-0.25, -0.2) is 0 Å². The minimum Gasteiger partial charge on any atom is -0.356 e. The Morgan fingerprint density at radius 1 is 1.46 bits per heavy atom. The third-order valence-electron chi connectivity index (χ3n) is 2.12. The van der Waals surface area contributed by atoms with Gasteiger partial charge in [0.15, 0.2) is 5.58 Å². The third kappa shape index (κ3) is 1.42. The number of hydrogen-bond acceptors (Lipinski definition) is 3. The molecule has 0 aliphatic heterocycles. The van der Waals surface area contributed by atoms with Gasteiger partial charge in [-0.05, 0) is 37.1 Å². The Hall–Kier alpha value is -1.35. The van der Waals surface area contributed by atoms with Gasteiger partial charge >= 0.3 is 0 Å². The van der Waals surface area contributed by atoms with Crippen molar-refractivity contribution >= 4 is 11.0 Å². The summed E-state index contributed by atoms with van der Waals surface area (Å²) in [4.78, 5) is 0. The molecule has 1 aromatic heterocycles.